The van der Waals surface area contributed by atoms with Crippen molar-refractivity contribution in [2.75, 3.05) is 9.80 Å². The number of oxazole rings is 1. The summed E-state index contributed by atoms with van der Waals surface area (Å²) in [5.41, 5.74) is 12.3. The van der Waals surface area contributed by atoms with Gasteiger partial charge in [-0.1, -0.05) is 133 Å². The monoisotopic (exact) mass is 794 g/mol. The van der Waals surface area contributed by atoms with Gasteiger partial charge in [-0.25, -0.2) is 4.98 Å². The summed E-state index contributed by atoms with van der Waals surface area (Å²) >= 11 is 0. The van der Waals surface area contributed by atoms with Gasteiger partial charge in [0.25, 0.3) is 0 Å². The molecule has 0 saturated carbocycles. The molecular weight excluding hydrogens is 757 g/mol. The number of benzene rings is 10. The minimum absolute atomic E-state index is 0.594. The molecule has 0 aliphatic carbocycles. The van der Waals surface area contributed by atoms with Crippen LogP contribution in [-0.2, 0) is 0 Å². The molecule has 0 fully saturated rings. The van der Waals surface area contributed by atoms with Crippen LogP contribution in [0.2, 0.25) is 0 Å². The number of nitrogens with zero attached hydrogens (tertiary/aromatic N) is 4. The summed E-state index contributed by atoms with van der Waals surface area (Å²) in [7, 11) is 0. The number of aromatic nitrogens is 2. The number of fused-ring (bicyclic) bond motifs is 9. The van der Waals surface area contributed by atoms with Crippen molar-refractivity contribution < 1.29 is 4.42 Å². The van der Waals surface area contributed by atoms with E-state index in [-0.39, 0.29) is 0 Å². The third-order valence-electron chi connectivity index (χ3n) is 11.9. The van der Waals surface area contributed by atoms with E-state index in [1.165, 1.54) is 16.2 Å². The van der Waals surface area contributed by atoms with E-state index in [1.807, 2.05) is 0 Å². The van der Waals surface area contributed by atoms with E-state index in [9.17, 15) is 0 Å². The average Bonchev–Trinajstić information content (AvgIpc) is 3.95. The number of rotatable bonds is 8. The maximum absolute atomic E-state index is 6.69. The minimum Gasteiger partial charge on any atom is -0.435 e. The highest BCUT2D eigenvalue weighted by Crippen LogP contribution is 2.46. The van der Waals surface area contributed by atoms with E-state index in [4.69, 9.17) is 9.40 Å². The molecule has 0 radical (unpaired) electrons. The largest absolute Gasteiger partial charge is 0.435 e. The number of anilines is 6. The van der Waals surface area contributed by atoms with Crippen molar-refractivity contribution in [2.45, 2.75) is 0 Å². The van der Waals surface area contributed by atoms with Gasteiger partial charge >= 0.3 is 0 Å². The van der Waals surface area contributed by atoms with Crippen molar-refractivity contribution in [1.29, 1.82) is 0 Å². The second-order valence-electron chi connectivity index (χ2n) is 15.6. The minimum atomic E-state index is 0.594. The molecule has 5 heteroatoms. The Kier molecular flexibility index (Phi) is 8.42. The molecule has 0 saturated heterocycles. The van der Waals surface area contributed by atoms with E-state index in [0.717, 1.165) is 83.7 Å². The molecule has 62 heavy (non-hydrogen) atoms. The molecule has 10 aromatic carbocycles. The Balaban J connectivity index is 1.06. The Hall–Kier alpha value is -8.41. The maximum atomic E-state index is 6.69. The summed E-state index contributed by atoms with van der Waals surface area (Å²) in [6.45, 7) is 0. The number of hydrogen-bond donors (Lipinski definition) is 0. The van der Waals surface area contributed by atoms with Crippen LogP contribution in [0.4, 0.5) is 34.1 Å². The van der Waals surface area contributed by atoms with E-state index in [1.54, 1.807) is 0 Å². The van der Waals surface area contributed by atoms with E-state index in [2.05, 4.69) is 245 Å². The molecule has 2 heterocycles. The molecule has 292 valence electrons. The Morgan fingerprint density at radius 3 is 1.56 bits per heavy atom. The molecule has 0 amide bonds. The molecule has 0 N–H and O–H groups in total. The lowest BCUT2D eigenvalue weighted by Crippen LogP contribution is -2.13. The SMILES string of the molecule is c1ccc(N(c2ccccc2)c2cccc(N(c3ccc(-c4nc5c6ccccc6c6ccccc6c5o4)cc3)c3cccc4c3c3ccccc3n4-c3ccccc3)c2)cc1. The zero-order valence-electron chi connectivity index (χ0n) is 33.6. The van der Waals surface area contributed by atoms with Gasteiger partial charge < -0.3 is 18.8 Å². The zero-order chi connectivity index (χ0) is 41.0. The first-order valence-electron chi connectivity index (χ1n) is 21.0. The van der Waals surface area contributed by atoms with Crippen LogP contribution in [0.25, 0.3) is 71.6 Å². The molecule has 2 aromatic heterocycles. The van der Waals surface area contributed by atoms with Crippen molar-refractivity contribution >= 4 is 88.6 Å². The molecule has 0 aliphatic heterocycles. The van der Waals surface area contributed by atoms with Crippen LogP contribution in [0.15, 0.2) is 235 Å². The maximum Gasteiger partial charge on any atom is 0.227 e. The third kappa shape index (κ3) is 5.82. The third-order valence-corrected chi connectivity index (χ3v) is 11.9. The molecular formula is C57H38N4O. The number of para-hydroxylation sites is 4. The smallest absolute Gasteiger partial charge is 0.227 e. The topological polar surface area (TPSA) is 37.4 Å². The fraction of sp³-hybridized carbons (Fsp3) is 0. The summed E-state index contributed by atoms with van der Waals surface area (Å²) in [5.74, 6) is 0.594. The van der Waals surface area contributed by atoms with Crippen LogP contribution < -0.4 is 9.80 Å². The van der Waals surface area contributed by atoms with Crippen LogP contribution in [0, 0.1) is 0 Å². The zero-order valence-corrected chi connectivity index (χ0v) is 33.6. The number of hydrogen-bond acceptors (Lipinski definition) is 4. The lowest BCUT2D eigenvalue weighted by atomic mass is 10.0. The Labute approximate surface area is 358 Å². The molecule has 0 aliphatic rings. The predicted octanol–water partition coefficient (Wildman–Crippen LogP) is 15.8. The van der Waals surface area contributed by atoms with Gasteiger partial charge in [0.1, 0.15) is 5.52 Å². The van der Waals surface area contributed by atoms with Gasteiger partial charge in [-0.15, -0.1) is 0 Å². The van der Waals surface area contributed by atoms with Crippen LogP contribution >= 0.6 is 0 Å². The Morgan fingerprint density at radius 2 is 0.871 bits per heavy atom. The van der Waals surface area contributed by atoms with Crippen molar-refractivity contribution in [3.05, 3.63) is 231 Å². The summed E-state index contributed by atoms with van der Waals surface area (Å²) in [4.78, 5) is 9.86. The first-order chi connectivity index (χ1) is 30.8. The Morgan fingerprint density at radius 1 is 0.371 bits per heavy atom. The van der Waals surface area contributed by atoms with E-state index < -0.39 is 0 Å². The summed E-state index contributed by atoms with van der Waals surface area (Å²) in [6.07, 6.45) is 0. The standard InChI is InChI=1S/C57H38N4O/c1-4-18-40(19-5-1)59(41-20-6-2-7-21-41)44-24-16-25-45(38-44)60(52-32-17-33-53-54(52)50-30-14-15-31-51(50)61(53)42-22-8-3-9-23-42)43-36-34-39(35-37-43)57-58-55-48-28-12-10-26-46(48)47-27-11-13-29-49(47)56(55)62-57/h1-38H. The molecule has 0 spiro atoms. The van der Waals surface area contributed by atoms with Gasteiger partial charge in [0, 0.05) is 61.2 Å². The van der Waals surface area contributed by atoms with Crippen LogP contribution in [0.3, 0.4) is 0 Å². The van der Waals surface area contributed by atoms with Crippen LogP contribution in [-0.4, -0.2) is 9.55 Å². The summed E-state index contributed by atoms with van der Waals surface area (Å²) in [5, 5.41) is 6.83. The van der Waals surface area contributed by atoms with Crippen molar-refractivity contribution in [2.24, 2.45) is 0 Å². The second-order valence-corrected chi connectivity index (χ2v) is 15.6. The van der Waals surface area contributed by atoms with Gasteiger partial charge in [0.2, 0.25) is 5.89 Å². The fourth-order valence-corrected chi connectivity index (χ4v) is 9.24. The van der Waals surface area contributed by atoms with Gasteiger partial charge in [-0.2, -0.15) is 0 Å². The van der Waals surface area contributed by atoms with Gasteiger partial charge in [-0.3, -0.25) is 0 Å². The lowest BCUT2D eigenvalue weighted by molar-refractivity contribution is 0.623. The molecule has 0 unspecified atom stereocenters. The molecule has 12 aromatic rings. The van der Waals surface area contributed by atoms with Crippen LogP contribution in [0.1, 0.15) is 0 Å². The van der Waals surface area contributed by atoms with Gasteiger partial charge in [-0.05, 0) is 108 Å². The molecule has 12 rings (SSSR count). The quantitative estimate of drug-likeness (QED) is 0.144. The normalized spacial score (nSPS) is 11.5. The second kappa shape index (κ2) is 14.7. The highest BCUT2D eigenvalue weighted by molar-refractivity contribution is 6.23. The van der Waals surface area contributed by atoms with E-state index in [0.29, 0.717) is 5.89 Å². The van der Waals surface area contributed by atoms with Crippen molar-refractivity contribution in [1.82, 2.24) is 9.55 Å². The Bertz CT molecular complexity index is 3470. The lowest BCUT2D eigenvalue weighted by Gasteiger charge is -2.30. The van der Waals surface area contributed by atoms with Crippen LogP contribution in [0.5, 0.6) is 0 Å². The van der Waals surface area contributed by atoms with Gasteiger partial charge in [0.05, 0.1) is 16.7 Å². The predicted molar refractivity (Wildman–Crippen MR) is 258 cm³/mol. The van der Waals surface area contributed by atoms with Crippen molar-refractivity contribution in [3.8, 4) is 17.1 Å². The average molecular weight is 795 g/mol. The highest BCUT2D eigenvalue weighted by atomic mass is 16.3. The highest BCUT2D eigenvalue weighted by Gasteiger charge is 2.23. The first kappa shape index (κ1) is 35.5. The van der Waals surface area contributed by atoms with Gasteiger partial charge in [0.15, 0.2) is 5.58 Å². The molecule has 0 atom stereocenters. The molecule has 5 nitrogen and oxygen atoms in total. The summed E-state index contributed by atoms with van der Waals surface area (Å²) in [6, 6.07) is 81.5. The first-order valence-corrected chi connectivity index (χ1v) is 21.0. The fourth-order valence-electron chi connectivity index (χ4n) is 9.24. The van der Waals surface area contributed by atoms with E-state index >= 15 is 0 Å². The van der Waals surface area contributed by atoms with Crippen molar-refractivity contribution in [3.63, 3.8) is 0 Å². The summed E-state index contributed by atoms with van der Waals surface area (Å²) < 4.78 is 9.06. The molecule has 0 bridgehead atoms.